The van der Waals surface area contributed by atoms with Crippen LogP contribution in [0.3, 0.4) is 0 Å². The van der Waals surface area contributed by atoms with Crippen molar-refractivity contribution in [1.82, 2.24) is 0 Å². The van der Waals surface area contributed by atoms with Crippen LogP contribution >= 0.6 is 0 Å². The fourth-order valence-corrected chi connectivity index (χ4v) is 1.81. The van der Waals surface area contributed by atoms with Gasteiger partial charge in [-0.1, -0.05) is 19.9 Å². The molecule has 17 heavy (non-hydrogen) atoms. The standard InChI is InChI=1S/C14H21NO2/c1-9-6-10(2)12(11(7-9)17-5)13(16)14(3,4)8-15/h6-7H,8,15H2,1-5H3. The molecule has 94 valence electrons. The molecule has 3 heteroatoms. The Morgan fingerprint density at radius 3 is 2.41 bits per heavy atom. The van der Waals surface area contributed by atoms with Gasteiger partial charge in [-0.3, -0.25) is 4.79 Å². The van der Waals surface area contributed by atoms with Gasteiger partial charge in [-0.05, 0) is 31.0 Å². The van der Waals surface area contributed by atoms with Gasteiger partial charge in [0.2, 0.25) is 0 Å². The molecule has 0 spiro atoms. The lowest BCUT2D eigenvalue weighted by molar-refractivity contribution is 0.0843. The van der Waals surface area contributed by atoms with Crippen molar-refractivity contribution in [2.75, 3.05) is 13.7 Å². The van der Waals surface area contributed by atoms with E-state index in [4.69, 9.17) is 10.5 Å². The van der Waals surface area contributed by atoms with Crippen molar-refractivity contribution in [2.24, 2.45) is 11.1 Å². The first-order chi connectivity index (χ1) is 7.83. The molecule has 0 aliphatic rings. The molecular weight excluding hydrogens is 214 g/mol. The number of rotatable bonds is 4. The Morgan fingerprint density at radius 1 is 1.35 bits per heavy atom. The minimum atomic E-state index is -0.562. The van der Waals surface area contributed by atoms with Gasteiger partial charge in [0.1, 0.15) is 5.75 Å². The van der Waals surface area contributed by atoms with Crippen LogP contribution in [0, 0.1) is 19.3 Å². The summed E-state index contributed by atoms with van der Waals surface area (Å²) in [7, 11) is 1.58. The fraction of sp³-hybridized carbons (Fsp3) is 0.500. The molecule has 0 amide bonds. The number of ether oxygens (including phenoxy) is 1. The lowest BCUT2D eigenvalue weighted by atomic mass is 9.82. The monoisotopic (exact) mass is 235 g/mol. The molecule has 0 aliphatic carbocycles. The van der Waals surface area contributed by atoms with Gasteiger partial charge in [-0.15, -0.1) is 0 Å². The summed E-state index contributed by atoms with van der Waals surface area (Å²) in [6.45, 7) is 7.94. The van der Waals surface area contributed by atoms with Crippen LogP contribution in [0.25, 0.3) is 0 Å². The van der Waals surface area contributed by atoms with E-state index in [9.17, 15) is 4.79 Å². The van der Waals surface area contributed by atoms with Gasteiger partial charge < -0.3 is 10.5 Å². The normalized spacial score (nSPS) is 11.4. The second-order valence-corrected chi connectivity index (χ2v) is 5.08. The zero-order valence-corrected chi connectivity index (χ0v) is 11.3. The molecule has 0 unspecified atom stereocenters. The molecule has 0 radical (unpaired) electrons. The van der Waals surface area contributed by atoms with E-state index in [1.54, 1.807) is 7.11 Å². The number of methoxy groups -OCH3 is 1. The number of benzene rings is 1. The molecule has 3 nitrogen and oxygen atoms in total. The zero-order valence-electron chi connectivity index (χ0n) is 11.3. The van der Waals surface area contributed by atoms with Gasteiger partial charge in [-0.25, -0.2) is 0 Å². The lowest BCUT2D eigenvalue weighted by Gasteiger charge is -2.23. The second kappa shape index (κ2) is 4.88. The lowest BCUT2D eigenvalue weighted by Crippen LogP contribution is -2.33. The predicted octanol–water partition coefficient (Wildman–Crippen LogP) is 2.48. The smallest absolute Gasteiger partial charge is 0.173 e. The number of ketones is 1. The van der Waals surface area contributed by atoms with Gasteiger partial charge >= 0.3 is 0 Å². The quantitative estimate of drug-likeness (QED) is 0.816. The van der Waals surface area contributed by atoms with Crippen molar-refractivity contribution >= 4 is 5.78 Å². The molecule has 0 aliphatic heterocycles. The van der Waals surface area contributed by atoms with Crippen LogP contribution in [-0.4, -0.2) is 19.4 Å². The van der Waals surface area contributed by atoms with Crippen molar-refractivity contribution in [2.45, 2.75) is 27.7 Å². The van der Waals surface area contributed by atoms with Crippen molar-refractivity contribution in [3.05, 3.63) is 28.8 Å². The first kappa shape index (κ1) is 13.7. The summed E-state index contributed by atoms with van der Waals surface area (Å²) >= 11 is 0. The van der Waals surface area contributed by atoms with E-state index in [2.05, 4.69) is 0 Å². The molecule has 0 saturated heterocycles. The molecule has 2 N–H and O–H groups in total. The Bertz CT molecular complexity index is 436. The maximum absolute atomic E-state index is 12.4. The van der Waals surface area contributed by atoms with E-state index in [-0.39, 0.29) is 5.78 Å². The van der Waals surface area contributed by atoms with Crippen molar-refractivity contribution in [3.8, 4) is 5.75 Å². The van der Waals surface area contributed by atoms with Gasteiger partial charge in [0.25, 0.3) is 0 Å². The summed E-state index contributed by atoms with van der Waals surface area (Å²) in [5, 5.41) is 0. The Hall–Kier alpha value is -1.35. The molecule has 1 aromatic carbocycles. The number of hydrogen-bond acceptors (Lipinski definition) is 3. The number of carbonyl (C=O) groups is 1. The minimum Gasteiger partial charge on any atom is -0.496 e. The van der Waals surface area contributed by atoms with Crippen LogP contribution in [-0.2, 0) is 0 Å². The van der Waals surface area contributed by atoms with Crippen molar-refractivity contribution in [1.29, 1.82) is 0 Å². The molecule has 0 atom stereocenters. The largest absolute Gasteiger partial charge is 0.496 e. The van der Waals surface area contributed by atoms with Crippen molar-refractivity contribution < 1.29 is 9.53 Å². The first-order valence-corrected chi connectivity index (χ1v) is 5.73. The maximum atomic E-state index is 12.4. The highest BCUT2D eigenvalue weighted by molar-refractivity contribution is 6.03. The molecule has 1 rings (SSSR count). The summed E-state index contributed by atoms with van der Waals surface area (Å²) in [5.41, 5.74) is 7.76. The average Bonchev–Trinajstić information content (AvgIpc) is 2.27. The third-order valence-corrected chi connectivity index (χ3v) is 3.02. The van der Waals surface area contributed by atoms with Crippen LogP contribution in [0.5, 0.6) is 5.75 Å². The summed E-state index contributed by atoms with van der Waals surface area (Å²) in [5.74, 6) is 0.670. The van der Waals surface area contributed by atoms with E-state index < -0.39 is 5.41 Å². The van der Waals surface area contributed by atoms with Gasteiger partial charge in [0.15, 0.2) is 5.78 Å². The van der Waals surface area contributed by atoms with Gasteiger partial charge in [-0.2, -0.15) is 0 Å². The van der Waals surface area contributed by atoms with Crippen LogP contribution in [0.2, 0.25) is 0 Å². The number of Topliss-reactive ketones (excluding diaryl/α,β-unsaturated/α-hetero) is 1. The highest BCUT2D eigenvalue weighted by Crippen LogP contribution is 2.30. The van der Waals surface area contributed by atoms with E-state index >= 15 is 0 Å². The molecule has 0 aromatic heterocycles. The summed E-state index contributed by atoms with van der Waals surface area (Å²) in [6.07, 6.45) is 0. The van der Waals surface area contributed by atoms with E-state index in [0.29, 0.717) is 17.9 Å². The number of carbonyl (C=O) groups excluding carboxylic acids is 1. The predicted molar refractivity (Wildman–Crippen MR) is 69.6 cm³/mol. The Labute approximate surface area is 103 Å². The highest BCUT2D eigenvalue weighted by Gasteiger charge is 2.30. The van der Waals surface area contributed by atoms with E-state index in [1.807, 2.05) is 39.8 Å². The maximum Gasteiger partial charge on any atom is 0.173 e. The SMILES string of the molecule is COc1cc(C)cc(C)c1C(=O)C(C)(C)CN. The Balaban J connectivity index is 3.36. The van der Waals surface area contributed by atoms with Crippen LogP contribution in [0.15, 0.2) is 12.1 Å². The Kier molecular flexibility index (Phi) is 3.94. The van der Waals surface area contributed by atoms with Crippen molar-refractivity contribution in [3.63, 3.8) is 0 Å². The van der Waals surface area contributed by atoms with Crippen LogP contribution < -0.4 is 10.5 Å². The second-order valence-electron chi connectivity index (χ2n) is 5.08. The minimum absolute atomic E-state index is 0.0364. The number of hydrogen-bond donors (Lipinski definition) is 1. The van der Waals surface area contributed by atoms with Crippen LogP contribution in [0.1, 0.15) is 35.3 Å². The molecule has 0 fully saturated rings. The summed E-state index contributed by atoms with van der Waals surface area (Å²) in [6, 6.07) is 3.87. The Morgan fingerprint density at radius 2 is 1.94 bits per heavy atom. The zero-order chi connectivity index (χ0) is 13.2. The molecule has 1 aromatic rings. The molecule has 0 heterocycles. The first-order valence-electron chi connectivity index (χ1n) is 5.73. The third-order valence-electron chi connectivity index (χ3n) is 3.02. The summed E-state index contributed by atoms with van der Waals surface area (Å²) < 4.78 is 5.31. The molecule has 0 saturated carbocycles. The van der Waals surface area contributed by atoms with E-state index in [1.165, 1.54) is 0 Å². The number of aryl methyl sites for hydroxylation is 2. The average molecular weight is 235 g/mol. The fourth-order valence-electron chi connectivity index (χ4n) is 1.81. The third kappa shape index (κ3) is 2.67. The topological polar surface area (TPSA) is 52.3 Å². The molecule has 0 bridgehead atoms. The van der Waals surface area contributed by atoms with Gasteiger partial charge in [0, 0.05) is 12.0 Å². The van der Waals surface area contributed by atoms with E-state index in [0.717, 1.165) is 11.1 Å². The highest BCUT2D eigenvalue weighted by atomic mass is 16.5. The molecular formula is C14H21NO2. The summed E-state index contributed by atoms with van der Waals surface area (Å²) in [4.78, 5) is 12.4. The number of nitrogens with two attached hydrogens (primary N) is 1. The van der Waals surface area contributed by atoms with Crippen LogP contribution in [0.4, 0.5) is 0 Å². The van der Waals surface area contributed by atoms with Gasteiger partial charge in [0.05, 0.1) is 12.7 Å².